The van der Waals surface area contributed by atoms with Crippen molar-refractivity contribution in [3.05, 3.63) is 107 Å². The number of hydrogen-bond donors (Lipinski definition) is 1. The van der Waals surface area contributed by atoms with Gasteiger partial charge < -0.3 is 10.6 Å². The van der Waals surface area contributed by atoms with E-state index in [1.54, 1.807) is 17.0 Å². The molecule has 2 amide bonds. The highest BCUT2D eigenvalue weighted by molar-refractivity contribution is 5.98. The summed E-state index contributed by atoms with van der Waals surface area (Å²) in [6.45, 7) is 1.96. The van der Waals surface area contributed by atoms with Crippen LogP contribution in [-0.2, 0) is 4.79 Å². The Balaban J connectivity index is 1.79. The van der Waals surface area contributed by atoms with Crippen LogP contribution in [0.1, 0.15) is 64.8 Å². The number of carbonyl (C=O) groups is 2. The topological polar surface area (TPSA) is 63.4 Å². The predicted octanol–water partition coefficient (Wildman–Crippen LogP) is 4.99. The zero-order valence-electron chi connectivity index (χ0n) is 17.1. The lowest BCUT2D eigenvalue weighted by Gasteiger charge is -2.36. The molecule has 1 fully saturated rings. The standard InChI is InChI=1S/C26H26N2O2/c1-18(22-13-8-14-23(17-22)19-15-16-19)28(26(30)21-11-6-3-7-12-21)24(25(27)29)20-9-4-2-5-10-20/h2-14,17-19,24H,15-16H2,1H3,(H2,27,29)/t18-,24-/m1/s1. The monoisotopic (exact) mass is 398 g/mol. The minimum atomic E-state index is -0.863. The van der Waals surface area contributed by atoms with Gasteiger partial charge in [-0.05, 0) is 54.5 Å². The lowest BCUT2D eigenvalue weighted by molar-refractivity contribution is -0.123. The highest BCUT2D eigenvalue weighted by Gasteiger charge is 2.35. The number of nitrogens with zero attached hydrogens (tertiary/aromatic N) is 1. The molecule has 1 aliphatic rings. The van der Waals surface area contributed by atoms with Gasteiger partial charge in [0.1, 0.15) is 6.04 Å². The number of benzene rings is 3. The SMILES string of the molecule is C[C@H](c1cccc(C2CC2)c1)N(C(=O)c1ccccc1)[C@@H](C(N)=O)c1ccccc1. The van der Waals surface area contributed by atoms with Crippen LogP contribution >= 0.6 is 0 Å². The lowest BCUT2D eigenvalue weighted by atomic mass is 9.96. The zero-order valence-corrected chi connectivity index (χ0v) is 17.1. The van der Waals surface area contributed by atoms with Gasteiger partial charge in [0.25, 0.3) is 5.91 Å². The Morgan fingerprint density at radius 1 is 0.867 bits per heavy atom. The second-order valence-corrected chi connectivity index (χ2v) is 7.91. The van der Waals surface area contributed by atoms with E-state index in [1.165, 1.54) is 18.4 Å². The molecular weight excluding hydrogens is 372 g/mol. The number of amides is 2. The van der Waals surface area contributed by atoms with E-state index >= 15 is 0 Å². The summed E-state index contributed by atoms with van der Waals surface area (Å²) in [6, 6.07) is 25.5. The van der Waals surface area contributed by atoms with Gasteiger partial charge in [-0.25, -0.2) is 0 Å². The number of hydrogen-bond acceptors (Lipinski definition) is 2. The average molecular weight is 399 g/mol. The van der Waals surface area contributed by atoms with Gasteiger partial charge in [0.05, 0.1) is 6.04 Å². The Bertz CT molecular complexity index is 1030. The van der Waals surface area contributed by atoms with E-state index in [9.17, 15) is 9.59 Å². The van der Waals surface area contributed by atoms with E-state index in [0.29, 0.717) is 17.0 Å². The molecule has 0 aromatic heterocycles. The summed E-state index contributed by atoms with van der Waals surface area (Å²) in [5, 5.41) is 0. The molecule has 2 N–H and O–H groups in total. The number of carbonyl (C=O) groups excluding carboxylic acids is 2. The largest absolute Gasteiger partial charge is 0.368 e. The molecule has 3 aromatic rings. The molecule has 3 aromatic carbocycles. The number of primary amides is 1. The average Bonchev–Trinajstić information content (AvgIpc) is 3.63. The smallest absolute Gasteiger partial charge is 0.255 e. The van der Waals surface area contributed by atoms with Gasteiger partial charge in [0, 0.05) is 5.56 Å². The first-order chi connectivity index (χ1) is 14.6. The third-order valence-electron chi connectivity index (χ3n) is 5.78. The molecule has 0 unspecified atom stereocenters. The van der Waals surface area contributed by atoms with E-state index < -0.39 is 11.9 Å². The molecule has 4 rings (SSSR count). The van der Waals surface area contributed by atoms with Crippen molar-refractivity contribution in [3.63, 3.8) is 0 Å². The van der Waals surface area contributed by atoms with Crippen molar-refractivity contribution in [1.82, 2.24) is 4.90 Å². The molecule has 0 aliphatic heterocycles. The van der Waals surface area contributed by atoms with Gasteiger partial charge in [0.15, 0.2) is 0 Å². The summed E-state index contributed by atoms with van der Waals surface area (Å²) in [4.78, 5) is 27.9. The molecule has 4 heteroatoms. The second kappa shape index (κ2) is 8.54. The maximum Gasteiger partial charge on any atom is 0.255 e. The summed E-state index contributed by atoms with van der Waals surface area (Å²) in [5.74, 6) is -0.153. The molecule has 0 bridgehead atoms. The summed E-state index contributed by atoms with van der Waals surface area (Å²) >= 11 is 0. The Hall–Kier alpha value is -3.40. The van der Waals surface area contributed by atoms with Crippen LogP contribution in [0.4, 0.5) is 0 Å². The third-order valence-corrected chi connectivity index (χ3v) is 5.78. The van der Waals surface area contributed by atoms with Crippen LogP contribution in [0.3, 0.4) is 0 Å². The number of nitrogens with two attached hydrogens (primary N) is 1. The van der Waals surface area contributed by atoms with Gasteiger partial charge in [-0.2, -0.15) is 0 Å². The van der Waals surface area contributed by atoms with E-state index in [1.807, 2.05) is 67.6 Å². The van der Waals surface area contributed by atoms with Crippen molar-refractivity contribution in [1.29, 1.82) is 0 Å². The Kier molecular flexibility index (Phi) is 5.66. The minimum Gasteiger partial charge on any atom is -0.368 e. The first-order valence-electron chi connectivity index (χ1n) is 10.4. The van der Waals surface area contributed by atoms with Crippen molar-refractivity contribution < 1.29 is 9.59 Å². The summed E-state index contributed by atoms with van der Waals surface area (Å²) in [7, 11) is 0. The molecule has 0 saturated heterocycles. The fourth-order valence-corrected chi connectivity index (χ4v) is 3.99. The van der Waals surface area contributed by atoms with E-state index in [-0.39, 0.29) is 11.9 Å². The molecule has 0 spiro atoms. The van der Waals surface area contributed by atoms with Crippen molar-refractivity contribution >= 4 is 11.8 Å². The molecule has 1 aliphatic carbocycles. The highest BCUT2D eigenvalue weighted by Crippen LogP contribution is 2.41. The van der Waals surface area contributed by atoms with Crippen molar-refractivity contribution in [2.75, 3.05) is 0 Å². The maximum absolute atomic E-state index is 13.6. The van der Waals surface area contributed by atoms with Crippen LogP contribution in [0.2, 0.25) is 0 Å². The normalized spacial score (nSPS) is 15.2. The maximum atomic E-state index is 13.6. The molecule has 1 saturated carbocycles. The molecule has 2 atom stereocenters. The molecule has 0 radical (unpaired) electrons. The Morgan fingerprint density at radius 3 is 2.07 bits per heavy atom. The predicted molar refractivity (Wildman–Crippen MR) is 118 cm³/mol. The first-order valence-corrected chi connectivity index (χ1v) is 10.4. The highest BCUT2D eigenvalue weighted by atomic mass is 16.2. The van der Waals surface area contributed by atoms with Gasteiger partial charge in [-0.15, -0.1) is 0 Å². The van der Waals surface area contributed by atoms with Crippen molar-refractivity contribution in [2.24, 2.45) is 5.73 Å². The van der Waals surface area contributed by atoms with Crippen LogP contribution in [0.25, 0.3) is 0 Å². The fraction of sp³-hybridized carbons (Fsp3) is 0.231. The van der Waals surface area contributed by atoms with E-state index in [4.69, 9.17) is 5.73 Å². The Morgan fingerprint density at radius 2 is 1.47 bits per heavy atom. The number of rotatable bonds is 7. The van der Waals surface area contributed by atoms with Crippen LogP contribution in [-0.4, -0.2) is 16.7 Å². The first kappa shape index (κ1) is 19.9. The van der Waals surface area contributed by atoms with Crippen LogP contribution in [0.15, 0.2) is 84.9 Å². The Labute approximate surface area is 177 Å². The van der Waals surface area contributed by atoms with Crippen LogP contribution in [0.5, 0.6) is 0 Å². The second-order valence-electron chi connectivity index (χ2n) is 7.91. The van der Waals surface area contributed by atoms with E-state index in [2.05, 4.69) is 12.1 Å². The quantitative estimate of drug-likeness (QED) is 0.609. The third kappa shape index (κ3) is 4.13. The van der Waals surface area contributed by atoms with Gasteiger partial charge in [-0.1, -0.05) is 72.8 Å². The van der Waals surface area contributed by atoms with Crippen LogP contribution < -0.4 is 5.73 Å². The van der Waals surface area contributed by atoms with Gasteiger partial charge >= 0.3 is 0 Å². The summed E-state index contributed by atoms with van der Waals surface area (Å²) in [6.07, 6.45) is 2.41. The molecule has 0 heterocycles. The fourth-order valence-electron chi connectivity index (χ4n) is 3.99. The van der Waals surface area contributed by atoms with Crippen molar-refractivity contribution in [2.45, 2.75) is 37.8 Å². The van der Waals surface area contributed by atoms with Gasteiger partial charge in [-0.3, -0.25) is 9.59 Å². The van der Waals surface area contributed by atoms with Gasteiger partial charge in [0.2, 0.25) is 5.91 Å². The molecular formula is C26H26N2O2. The minimum absolute atomic E-state index is 0.215. The molecule has 152 valence electrons. The summed E-state index contributed by atoms with van der Waals surface area (Å²) < 4.78 is 0. The van der Waals surface area contributed by atoms with Crippen LogP contribution in [0, 0.1) is 0 Å². The zero-order chi connectivity index (χ0) is 21.1. The van der Waals surface area contributed by atoms with Crippen molar-refractivity contribution in [3.8, 4) is 0 Å². The lowest BCUT2D eigenvalue weighted by Crippen LogP contribution is -2.43. The van der Waals surface area contributed by atoms with E-state index in [0.717, 1.165) is 5.56 Å². The molecule has 30 heavy (non-hydrogen) atoms. The summed E-state index contributed by atoms with van der Waals surface area (Å²) in [5.41, 5.74) is 9.40. The molecule has 4 nitrogen and oxygen atoms in total.